The lowest BCUT2D eigenvalue weighted by Gasteiger charge is -2.12. The molecule has 0 amide bonds. The Balaban J connectivity index is 2.17. The lowest BCUT2D eigenvalue weighted by atomic mass is 10.2. The maximum Gasteiger partial charge on any atom is 0.283 e. The molecule has 4 aromatic rings. The highest BCUT2D eigenvalue weighted by molar-refractivity contribution is 7.98. The Morgan fingerprint density at radius 3 is 2.61 bits per heavy atom. The van der Waals surface area contributed by atoms with Crippen molar-refractivity contribution in [3.63, 3.8) is 0 Å². The Labute approximate surface area is 137 Å². The lowest BCUT2D eigenvalue weighted by molar-refractivity contribution is 0.815. The summed E-state index contributed by atoms with van der Waals surface area (Å²) in [5.41, 5.74) is 4.07. The largest absolute Gasteiger partial charge is 0.349 e. The van der Waals surface area contributed by atoms with Gasteiger partial charge in [0.05, 0.1) is 5.69 Å². The van der Waals surface area contributed by atoms with E-state index in [1.807, 2.05) is 61.7 Å². The van der Waals surface area contributed by atoms with Crippen LogP contribution < -0.4 is 5.56 Å². The number of hydrogen-bond donors (Lipinski definition) is 1. The maximum atomic E-state index is 13.1. The van der Waals surface area contributed by atoms with Gasteiger partial charge < -0.3 is 4.98 Å². The second-order valence-corrected chi connectivity index (χ2v) is 6.19. The number of aromatic amines is 1. The van der Waals surface area contributed by atoms with Crippen LogP contribution >= 0.6 is 11.8 Å². The Kier molecular flexibility index (Phi) is 3.23. The highest BCUT2D eigenvalue weighted by Gasteiger charge is 2.16. The van der Waals surface area contributed by atoms with Gasteiger partial charge in [-0.3, -0.25) is 9.36 Å². The van der Waals surface area contributed by atoms with Crippen molar-refractivity contribution in [2.45, 2.75) is 12.1 Å². The first-order valence-electron chi connectivity index (χ1n) is 7.34. The smallest absolute Gasteiger partial charge is 0.283 e. The molecule has 0 aliphatic carbocycles. The molecule has 114 valence electrons. The third kappa shape index (κ3) is 2.08. The topological polar surface area (TPSA) is 50.7 Å². The fraction of sp³-hybridized carbons (Fsp3) is 0.111. The molecule has 0 spiro atoms. The van der Waals surface area contributed by atoms with Gasteiger partial charge in [0.15, 0.2) is 5.16 Å². The second kappa shape index (κ2) is 5.28. The van der Waals surface area contributed by atoms with Gasteiger partial charge in [0, 0.05) is 10.9 Å². The van der Waals surface area contributed by atoms with Crippen LogP contribution in [0.1, 0.15) is 5.56 Å². The number of H-pyrrole nitrogens is 1. The number of rotatable bonds is 2. The Bertz CT molecular complexity index is 1090. The van der Waals surface area contributed by atoms with Crippen LogP contribution in [0.2, 0.25) is 0 Å². The molecule has 0 radical (unpaired) electrons. The average Bonchev–Trinajstić information content (AvgIpc) is 2.95. The highest BCUT2D eigenvalue weighted by atomic mass is 32.2. The van der Waals surface area contributed by atoms with E-state index in [-0.39, 0.29) is 5.56 Å². The van der Waals surface area contributed by atoms with Crippen molar-refractivity contribution >= 4 is 33.7 Å². The fourth-order valence-corrected chi connectivity index (χ4v) is 3.45. The molecule has 1 N–H and O–H groups in total. The molecule has 0 aliphatic rings. The molecule has 0 bridgehead atoms. The van der Waals surface area contributed by atoms with E-state index >= 15 is 0 Å². The number of thioether (sulfide) groups is 1. The number of aryl methyl sites for hydroxylation is 1. The number of nitrogens with zero attached hydrogens (tertiary/aromatic N) is 2. The van der Waals surface area contributed by atoms with Crippen LogP contribution in [0.25, 0.3) is 27.6 Å². The number of para-hydroxylation sites is 2. The minimum absolute atomic E-state index is 0.0650. The van der Waals surface area contributed by atoms with E-state index in [0.717, 1.165) is 27.7 Å². The Morgan fingerprint density at radius 2 is 1.83 bits per heavy atom. The predicted molar refractivity (Wildman–Crippen MR) is 95.7 cm³/mol. The van der Waals surface area contributed by atoms with Crippen LogP contribution in [0.4, 0.5) is 0 Å². The van der Waals surface area contributed by atoms with E-state index in [2.05, 4.69) is 4.98 Å². The molecule has 2 heterocycles. The van der Waals surface area contributed by atoms with Crippen LogP contribution in [0.15, 0.2) is 58.5 Å². The lowest BCUT2D eigenvalue weighted by Crippen LogP contribution is -2.22. The minimum Gasteiger partial charge on any atom is -0.349 e. The summed E-state index contributed by atoms with van der Waals surface area (Å²) < 4.78 is 1.69. The van der Waals surface area contributed by atoms with E-state index in [9.17, 15) is 4.79 Å². The summed E-state index contributed by atoms with van der Waals surface area (Å²) in [5.74, 6) is 0. The zero-order valence-corrected chi connectivity index (χ0v) is 13.6. The highest BCUT2D eigenvalue weighted by Crippen LogP contribution is 2.25. The molecule has 0 aliphatic heterocycles. The van der Waals surface area contributed by atoms with Crippen molar-refractivity contribution in [2.75, 3.05) is 6.26 Å². The summed E-state index contributed by atoms with van der Waals surface area (Å²) >= 11 is 1.48. The molecular formula is C18H15N3OS. The number of benzene rings is 2. The maximum absolute atomic E-state index is 13.1. The van der Waals surface area contributed by atoms with Gasteiger partial charge in [-0.25, -0.2) is 4.98 Å². The zero-order valence-electron chi connectivity index (χ0n) is 12.8. The molecule has 4 nitrogen and oxygen atoms in total. The molecular weight excluding hydrogens is 306 g/mol. The summed E-state index contributed by atoms with van der Waals surface area (Å²) in [5, 5.41) is 1.67. The van der Waals surface area contributed by atoms with Crippen LogP contribution in [0, 0.1) is 6.92 Å². The molecule has 5 heteroatoms. The van der Waals surface area contributed by atoms with E-state index in [1.165, 1.54) is 11.8 Å². The molecule has 0 atom stereocenters. The van der Waals surface area contributed by atoms with Gasteiger partial charge in [-0.2, -0.15) is 0 Å². The van der Waals surface area contributed by atoms with Crippen molar-refractivity contribution in [1.29, 1.82) is 0 Å². The van der Waals surface area contributed by atoms with E-state index in [1.54, 1.807) is 4.57 Å². The van der Waals surface area contributed by atoms with Gasteiger partial charge in [0.2, 0.25) is 0 Å². The molecule has 2 aromatic carbocycles. The quantitative estimate of drug-likeness (QED) is 0.450. The van der Waals surface area contributed by atoms with Gasteiger partial charge in [-0.1, -0.05) is 48.2 Å². The SMILES string of the molecule is CSc1nc2c([nH]c3ccccc32)c(=O)n1-c1ccccc1C. The van der Waals surface area contributed by atoms with Crippen molar-refractivity contribution in [3.8, 4) is 5.69 Å². The summed E-state index contributed by atoms with van der Waals surface area (Å²) in [6, 6.07) is 15.7. The van der Waals surface area contributed by atoms with Gasteiger partial charge in [0.1, 0.15) is 11.0 Å². The molecule has 23 heavy (non-hydrogen) atoms. The van der Waals surface area contributed by atoms with Crippen molar-refractivity contribution in [2.24, 2.45) is 0 Å². The van der Waals surface area contributed by atoms with Gasteiger partial charge in [-0.05, 0) is 30.9 Å². The van der Waals surface area contributed by atoms with Gasteiger partial charge >= 0.3 is 0 Å². The molecule has 2 aromatic heterocycles. The molecule has 0 saturated heterocycles. The van der Waals surface area contributed by atoms with Crippen LogP contribution in [-0.4, -0.2) is 20.8 Å². The number of fused-ring (bicyclic) bond motifs is 3. The fourth-order valence-electron chi connectivity index (χ4n) is 2.91. The van der Waals surface area contributed by atoms with Crippen LogP contribution in [0.5, 0.6) is 0 Å². The number of nitrogens with one attached hydrogen (secondary N) is 1. The monoisotopic (exact) mass is 321 g/mol. The predicted octanol–water partition coefficient (Wildman–Crippen LogP) is 3.90. The third-order valence-corrected chi connectivity index (χ3v) is 4.67. The molecule has 0 fully saturated rings. The summed E-state index contributed by atoms with van der Waals surface area (Å²) in [4.78, 5) is 21.1. The number of hydrogen-bond acceptors (Lipinski definition) is 3. The average molecular weight is 321 g/mol. The third-order valence-electron chi connectivity index (χ3n) is 4.03. The molecule has 4 rings (SSSR count). The van der Waals surface area contributed by atoms with Crippen molar-refractivity contribution in [3.05, 3.63) is 64.4 Å². The Hall–Kier alpha value is -2.53. The zero-order chi connectivity index (χ0) is 16.0. The first kappa shape index (κ1) is 14.1. The summed E-state index contributed by atoms with van der Waals surface area (Å²) in [6.07, 6.45) is 1.94. The normalized spacial score (nSPS) is 11.4. The van der Waals surface area contributed by atoms with E-state index < -0.39 is 0 Å². The Morgan fingerprint density at radius 1 is 1.09 bits per heavy atom. The summed E-state index contributed by atoms with van der Waals surface area (Å²) in [6.45, 7) is 2.00. The molecule has 0 unspecified atom stereocenters. The van der Waals surface area contributed by atoms with E-state index in [0.29, 0.717) is 10.7 Å². The van der Waals surface area contributed by atoms with Gasteiger partial charge in [0.25, 0.3) is 5.56 Å². The first-order chi connectivity index (χ1) is 11.2. The molecule has 0 saturated carbocycles. The standard InChI is InChI=1S/C18H15N3OS/c1-11-7-3-6-10-14(11)21-17(22)16-15(20-18(21)23-2)12-8-4-5-9-13(12)19-16/h3-10,19H,1-2H3. The van der Waals surface area contributed by atoms with Crippen molar-refractivity contribution in [1.82, 2.24) is 14.5 Å². The van der Waals surface area contributed by atoms with Gasteiger partial charge in [-0.15, -0.1) is 0 Å². The van der Waals surface area contributed by atoms with Crippen LogP contribution in [-0.2, 0) is 0 Å². The van der Waals surface area contributed by atoms with Crippen LogP contribution in [0.3, 0.4) is 0 Å². The van der Waals surface area contributed by atoms with Crippen molar-refractivity contribution < 1.29 is 0 Å². The van der Waals surface area contributed by atoms with E-state index in [4.69, 9.17) is 4.98 Å². The number of aromatic nitrogens is 3. The minimum atomic E-state index is -0.0650. The first-order valence-corrected chi connectivity index (χ1v) is 8.56. The summed E-state index contributed by atoms with van der Waals surface area (Å²) in [7, 11) is 0. The second-order valence-electron chi connectivity index (χ2n) is 5.42.